The minimum atomic E-state index is -0.775. The molecule has 0 unspecified atom stereocenters. The number of allylic oxidation sites excluding steroid dienone is 1. The number of hydrogen-bond acceptors (Lipinski definition) is 4. The Kier molecular flexibility index (Phi) is 4.92. The van der Waals surface area contributed by atoms with Gasteiger partial charge in [-0.1, -0.05) is 78.9 Å². The fourth-order valence-electron chi connectivity index (χ4n) is 3.51. The second-order valence-corrected chi connectivity index (χ2v) is 6.62. The molecule has 0 radical (unpaired) electrons. The maximum Gasteiger partial charge on any atom is 0.342 e. The van der Waals surface area contributed by atoms with Crippen molar-refractivity contribution < 1.29 is 19.1 Å². The summed E-state index contributed by atoms with van der Waals surface area (Å²) in [6.07, 6.45) is 0. The lowest BCUT2D eigenvalue weighted by Crippen LogP contribution is -2.27. The van der Waals surface area contributed by atoms with Crippen molar-refractivity contribution >= 4 is 23.1 Å². The first-order chi connectivity index (χ1) is 14.1. The molecule has 0 aromatic heterocycles. The van der Waals surface area contributed by atoms with Gasteiger partial charge in [0.25, 0.3) is 0 Å². The van der Waals surface area contributed by atoms with Gasteiger partial charge in [0.1, 0.15) is 5.57 Å². The van der Waals surface area contributed by atoms with E-state index in [9.17, 15) is 14.4 Å². The van der Waals surface area contributed by atoms with Gasteiger partial charge in [0.15, 0.2) is 5.78 Å². The highest BCUT2D eigenvalue weighted by atomic mass is 16.5. The minimum Gasteiger partial charge on any atom is -0.462 e. The lowest BCUT2D eigenvalue weighted by Gasteiger charge is -2.20. The van der Waals surface area contributed by atoms with Gasteiger partial charge in [-0.25, -0.2) is 4.79 Å². The number of carbonyl (C=O) groups is 3. The summed E-state index contributed by atoms with van der Waals surface area (Å²) in [5.41, 5.74) is 2.94. The quantitative estimate of drug-likeness (QED) is 0.483. The van der Waals surface area contributed by atoms with E-state index in [4.69, 9.17) is 4.74 Å². The molecule has 1 aliphatic carbocycles. The fraction of sp³-hybridized carbons (Fsp3) is 0.0800. The maximum atomic E-state index is 13.2. The summed E-state index contributed by atoms with van der Waals surface area (Å²) in [7, 11) is 0. The third-order valence-corrected chi connectivity index (χ3v) is 4.88. The zero-order valence-electron chi connectivity index (χ0n) is 15.8. The van der Waals surface area contributed by atoms with Crippen molar-refractivity contribution in [2.75, 3.05) is 6.61 Å². The van der Waals surface area contributed by atoms with Crippen molar-refractivity contribution in [3.05, 3.63) is 101 Å². The third-order valence-electron chi connectivity index (χ3n) is 4.88. The number of hydrogen-bond donors (Lipinski definition) is 0. The van der Waals surface area contributed by atoms with E-state index in [1.54, 1.807) is 43.3 Å². The maximum absolute atomic E-state index is 13.2. The zero-order valence-corrected chi connectivity index (χ0v) is 15.8. The summed E-state index contributed by atoms with van der Waals surface area (Å²) >= 11 is 0. The highest BCUT2D eigenvalue weighted by Gasteiger charge is 2.37. The van der Waals surface area contributed by atoms with Gasteiger partial charge in [0.2, 0.25) is 5.78 Å². The molecule has 0 bridgehead atoms. The second kappa shape index (κ2) is 7.68. The van der Waals surface area contributed by atoms with Crippen LogP contribution < -0.4 is 0 Å². The zero-order chi connectivity index (χ0) is 20.4. The van der Waals surface area contributed by atoms with Crippen molar-refractivity contribution in [2.45, 2.75) is 6.92 Å². The van der Waals surface area contributed by atoms with Gasteiger partial charge < -0.3 is 4.74 Å². The number of Topliss-reactive ketones (excluding diaryl/α,β-unsaturated/α-hetero) is 2. The highest BCUT2D eigenvalue weighted by molar-refractivity contribution is 6.46. The largest absolute Gasteiger partial charge is 0.462 e. The molecule has 4 nitrogen and oxygen atoms in total. The molecule has 0 fully saturated rings. The van der Waals surface area contributed by atoms with Crippen LogP contribution >= 0.6 is 0 Å². The molecular weight excluding hydrogens is 364 g/mol. The summed E-state index contributed by atoms with van der Waals surface area (Å²) in [5, 5.41) is 0. The van der Waals surface area contributed by atoms with Crippen molar-refractivity contribution in [1.82, 2.24) is 0 Å². The number of esters is 1. The monoisotopic (exact) mass is 382 g/mol. The van der Waals surface area contributed by atoms with Gasteiger partial charge in [-0.15, -0.1) is 0 Å². The fourth-order valence-corrected chi connectivity index (χ4v) is 3.51. The lowest BCUT2D eigenvalue weighted by molar-refractivity contribution is -0.138. The van der Waals surface area contributed by atoms with E-state index >= 15 is 0 Å². The van der Waals surface area contributed by atoms with E-state index < -0.39 is 11.8 Å². The molecule has 3 aromatic rings. The number of rotatable bonds is 4. The Bertz CT molecular complexity index is 1140. The topological polar surface area (TPSA) is 60.4 Å². The average molecular weight is 382 g/mol. The number of ketones is 2. The molecule has 0 saturated heterocycles. The molecule has 0 aliphatic heterocycles. The SMILES string of the molecule is CCOC(=O)C1=C(c2ccc(-c3ccccc3)cc2)C(=O)c2ccccc2C1=O. The predicted octanol–water partition coefficient (Wildman–Crippen LogP) is 4.75. The number of fused-ring (bicyclic) bond motifs is 1. The van der Waals surface area contributed by atoms with Crippen LogP contribution in [-0.2, 0) is 9.53 Å². The Hall–Kier alpha value is -3.79. The van der Waals surface area contributed by atoms with Gasteiger partial charge in [0.05, 0.1) is 6.61 Å². The van der Waals surface area contributed by atoms with Gasteiger partial charge in [-0.05, 0) is 23.6 Å². The summed E-state index contributed by atoms with van der Waals surface area (Å²) in [6, 6.07) is 23.6. The lowest BCUT2D eigenvalue weighted by atomic mass is 9.81. The molecule has 0 heterocycles. The summed E-state index contributed by atoms with van der Waals surface area (Å²) in [5.74, 6) is -1.61. The van der Waals surface area contributed by atoms with Crippen molar-refractivity contribution in [1.29, 1.82) is 0 Å². The van der Waals surface area contributed by atoms with Crippen molar-refractivity contribution in [3.8, 4) is 11.1 Å². The number of carbonyl (C=O) groups excluding carboxylic acids is 3. The molecule has 0 spiro atoms. The Morgan fingerprint density at radius 2 is 1.21 bits per heavy atom. The molecule has 4 rings (SSSR count). The summed E-state index contributed by atoms with van der Waals surface area (Å²) in [4.78, 5) is 38.8. The molecule has 1 aliphatic rings. The average Bonchev–Trinajstić information content (AvgIpc) is 2.77. The smallest absolute Gasteiger partial charge is 0.342 e. The van der Waals surface area contributed by atoms with Crippen LogP contribution in [0.2, 0.25) is 0 Å². The third kappa shape index (κ3) is 3.29. The molecule has 29 heavy (non-hydrogen) atoms. The highest BCUT2D eigenvalue weighted by Crippen LogP contribution is 2.34. The molecule has 0 atom stereocenters. The van der Waals surface area contributed by atoms with E-state index in [-0.39, 0.29) is 29.1 Å². The van der Waals surface area contributed by atoms with E-state index in [0.29, 0.717) is 11.1 Å². The molecule has 0 saturated carbocycles. The van der Waals surface area contributed by atoms with Gasteiger partial charge in [-0.3, -0.25) is 9.59 Å². The van der Waals surface area contributed by atoms with Gasteiger partial charge in [0, 0.05) is 16.7 Å². The molecule has 142 valence electrons. The van der Waals surface area contributed by atoms with Crippen LogP contribution in [0.4, 0.5) is 0 Å². The minimum absolute atomic E-state index is 0.0896. The van der Waals surface area contributed by atoms with Crippen molar-refractivity contribution in [3.63, 3.8) is 0 Å². The van der Waals surface area contributed by atoms with E-state index in [2.05, 4.69) is 0 Å². The summed E-state index contributed by atoms with van der Waals surface area (Å²) in [6.45, 7) is 1.78. The first-order valence-corrected chi connectivity index (χ1v) is 9.37. The van der Waals surface area contributed by atoms with Crippen LogP contribution in [0.1, 0.15) is 33.2 Å². The number of ether oxygens (including phenoxy) is 1. The Morgan fingerprint density at radius 3 is 1.83 bits per heavy atom. The van der Waals surface area contributed by atoms with Crippen molar-refractivity contribution in [2.24, 2.45) is 0 Å². The van der Waals surface area contributed by atoms with E-state index in [1.165, 1.54) is 0 Å². The summed E-state index contributed by atoms with van der Waals surface area (Å²) < 4.78 is 5.09. The first-order valence-electron chi connectivity index (χ1n) is 9.37. The first kappa shape index (κ1) is 18.6. The molecule has 4 heteroatoms. The van der Waals surface area contributed by atoms with Crippen LogP contribution in [0, 0.1) is 0 Å². The molecular formula is C25H18O4. The Balaban J connectivity index is 1.86. The second-order valence-electron chi connectivity index (χ2n) is 6.62. The normalized spacial score (nSPS) is 13.3. The van der Waals surface area contributed by atoms with Crippen LogP contribution in [0.15, 0.2) is 84.4 Å². The Morgan fingerprint density at radius 1 is 0.690 bits per heavy atom. The Labute approximate surface area is 168 Å². The van der Waals surface area contributed by atoms with Crippen LogP contribution in [0.5, 0.6) is 0 Å². The molecule has 0 N–H and O–H groups in total. The predicted molar refractivity (Wildman–Crippen MR) is 111 cm³/mol. The van der Waals surface area contributed by atoms with Crippen LogP contribution in [0.25, 0.3) is 16.7 Å². The van der Waals surface area contributed by atoms with E-state index in [1.807, 2.05) is 42.5 Å². The number of benzene rings is 3. The van der Waals surface area contributed by atoms with Gasteiger partial charge >= 0.3 is 5.97 Å². The van der Waals surface area contributed by atoms with Crippen LogP contribution in [0.3, 0.4) is 0 Å². The molecule has 0 amide bonds. The van der Waals surface area contributed by atoms with Gasteiger partial charge in [-0.2, -0.15) is 0 Å². The molecule has 3 aromatic carbocycles. The standard InChI is InChI=1S/C25H18O4/c1-2-29-25(28)22-21(23(26)19-10-6-7-11-20(19)24(22)27)18-14-12-17(13-15-18)16-8-4-3-5-9-16/h3-15H,2H2,1H3. The van der Waals surface area contributed by atoms with Crippen LogP contribution in [-0.4, -0.2) is 24.1 Å². The van der Waals surface area contributed by atoms with E-state index in [0.717, 1.165) is 11.1 Å².